The molecule has 2 heterocycles. The zero-order valence-corrected chi connectivity index (χ0v) is 22.2. The molecule has 0 amide bonds. The number of hydrogen-bond acceptors (Lipinski definition) is 7. The SMILES string of the molecule is Cc1cc(Cl)ccc1OS(=O)(=O)CCSc1nc2sc3c(c2c(=O)n1-c1ccccc1)CCCC3. The van der Waals surface area contributed by atoms with Crippen molar-refractivity contribution in [3.63, 3.8) is 0 Å². The minimum Gasteiger partial charge on any atom is -0.382 e. The van der Waals surface area contributed by atoms with E-state index in [0.29, 0.717) is 26.8 Å². The van der Waals surface area contributed by atoms with Crippen molar-refractivity contribution in [2.24, 2.45) is 0 Å². The van der Waals surface area contributed by atoms with E-state index in [1.54, 1.807) is 41.0 Å². The normalized spacial score (nSPS) is 13.7. The molecule has 0 bridgehead atoms. The Morgan fingerprint density at radius 3 is 2.69 bits per heavy atom. The Hall–Kier alpha value is -2.33. The predicted octanol–water partition coefficient (Wildman–Crippen LogP) is 5.79. The second-order valence-corrected chi connectivity index (χ2v) is 12.6. The summed E-state index contributed by atoms with van der Waals surface area (Å²) in [7, 11) is -3.85. The average molecular weight is 547 g/mol. The third kappa shape index (κ3) is 5.14. The van der Waals surface area contributed by atoms with Crippen LogP contribution in [0, 0.1) is 6.92 Å². The van der Waals surface area contributed by atoms with Crippen LogP contribution in [0.15, 0.2) is 58.5 Å². The fourth-order valence-electron chi connectivity index (χ4n) is 4.21. The molecule has 1 aliphatic rings. The Labute approximate surface area is 217 Å². The summed E-state index contributed by atoms with van der Waals surface area (Å²) in [6.45, 7) is 1.74. The summed E-state index contributed by atoms with van der Waals surface area (Å²) in [6.07, 6.45) is 4.07. The standard InChI is InChI=1S/C25H23ClN2O4S3/c1-16-15-17(26)11-12-20(16)32-35(30,31)14-13-33-25-27-23-22(19-9-5-6-10-21(19)34-23)24(29)28(25)18-7-3-2-4-8-18/h2-4,7-8,11-12,15H,5-6,9-10,13-14H2,1H3. The van der Waals surface area contributed by atoms with Crippen molar-refractivity contribution < 1.29 is 12.6 Å². The van der Waals surface area contributed by atoms with Gasteiger partial charge in [0.1, 0.15) is 10.6 Å². The molecule has 5 rings (SSSR count). The first kappa shape index (κ1) is 24.4. The maximum Gasteiger partial charge on any atom is 0.310 e. The van der Waals surface area contributed by atoms with Crippen LogP contribution in [0.4, 0.5) is 0 Å². The highest BCUT2D eigenvalue weighted by atomic mass is 35.5. The summed E-state index contributed by atoms with van der Waals surface area (Å²) in [4.78, 5) is 20.5. The van der Waals surface area contributed by atoms with Crippen molar-refractivity contribution in [1.29, 1.82) is 0 Å². The van der Waals surface area contributed by atoms with E-state index in [0.717, 1.165) is 36.1 Å². The van der Waals surface area contributed by atoms with E-state index < -0.39 is 10.1 Å². The molecule has 10 heteroatoms. The zero-order chi connectivity index (χ0) is 24.6. The highest BCUT2D eigenvalue weighted by Crippen LogP contribution is 2.35. The molecular weight excluding hydrogens is 524 g/mol. The number of benzene rings is 2. The summed E-state index contributed by atoms with van der Waals surface area (Å²) in [6, 6.07) is 14.1. The molecule has 2 aromatic heterocycles. The lowest BCUT2D eigenvalue weighted by Crippen LogP contribution is -2.23. The van der Waals surface area contributed by atoms with Gasteiger partial charge in [-0.1, -0.05) is 41.6 Å². The fraction of sp³-hybridized carbons (Fsp3) is 0.280. The third-order valence-electron chi connectivity index (χ3n) is 5.89. The molecular formula is C25H23ClN2O4S3. The molecule has 35 heavy (non-hydrogen) atoms. The Morgan fingerprint density at radius 2 is 1.91 bits per heavy atom. The second kappa shape index (κ2) is 9.97. The Balaban J connectivity index is 1.45. The minimum atomic E-state index is -3.85. The van der Waals surface area contributed by atoms with Crippen molar-refractivity contribution >= 4 is 55.0 Å². The Kier molecular flexibility index (Phi) is 6.94. The Bertz CT molecular complexity index is 1560. The minimum absolute atomic E-state index is 0.0982. The van der Waals surface area contributed by atoms with Crippen molar-refractivity contribution in [1.82, 2.24) is 9.55 Å². The average Bonchev–Trinajstić information content (AvgIpc) is 3.20. The van der Waals surface area contributed by atoms with E-state index in [9.17, 15) is 13.2 Å². The highest BCUT2D eigenvalue weighted by Gasteiger charge is 2.23. The van der Waals surface area contributed by atoms with Gasteiger partial charge in [0.15, 0.2) is 5.16 Å². The van der Waals surface area contributed by atoms with Gasteiger partial charge >= 0.3 is 10.1 Å². The molecule has 6 nitrogen and oxygen atoms in total. The molecule has 0 aliphatic heterocycles. The fourth-order valence-corrected chi connectivity index (χ4v) is 8.09. The second-order valence-electron chi connectivity index (χ2n) is 8.36. The monoisotopic (exact) mass is 546 g/mol. The van der Waals surface area contributed by atoms with Gasteiger partial charge in [-0.15, -0.1) is 11.3 Å². The van der Waals surface area contributed by atoms with Crippen LogP contribution in [-0.2, 0) is 23.0 Å². The number of halogens is 1. The summed E-state index contributed by atoms with van der Waals surface area (Å²) >= 11 is 8.77. The largest absolute Gasteiger partial charge is 0.382 e. The van der Waals surface area contributed by atoms with Crippen LogP contribution in [0.2, 0.25) is 5.02 Å². The number of thioether (sulfide) groups is 1. The molecule has 0 spiro atoms. The van der Waals surface area contributed by atoms with Crippen LogP contribution in [0.3, 0.4) is 0 Å². The number of fused-ring (bicyclic) bond motifs is 3. The molecule has 0 saturated heterocycles. The molecule has 0 unspecified atom stereocenters. The van der Waals surface area contributed by atoms with Crippen LogP contribution >= 0.6 is 34.7 Å². The summed E-state index contributed by atoms with van der Waals surface area (Å²) < 4.78 is 32.2. The van der Waals surface area contributed by atoms with Crippen molar-refractivity contribution in [2.45, 2.75) is 37.8 Å². The summed E-state index contributed by atoms with van der Waals surface area (Å²) in [5.74, 6) is 0.207. The van der Waals surface area contributed by atoms with Crippen LogP contribution in [0.25, 0.3) is 15.9 Å². The van der Waals surface area contributed by atoms with Gasteiger partial charge in [0, 0.05) is 15.7 Å². The van der Waals surface area contributed by atoms with E-state index >= 15 is 0 Å². The smallest absolute Gasteiger partial charge is 0.310 e. The van der Waals surface area contributed by atoms with E-state index in [1.165, 1.54) is 16.6 Å². The van der Waals surface area contributed by atoms with Crippen molar-refractivity contribution in [3.05, 3.63) is 79.9 Å². The molecule has 182 valence electrons. The number of aryl methyl sites for hydroxylation is 3. The molecule has 0 atom stereocenters. The van der Waals surface area contributed by atoms with Gasteiger partial charge in [0.05, 0.1) is 16.8 Å². The molecule has 0 N–H and O–H groups in total. The maximum absolute atomic E-state index is 13.7. The molecule has 0 radical (unpaired) electrons. The molecule has 4 aromatic rings. The van der Waals surface area contributed by atoms with Gasteiger partial charge in [-0.2, -0.15) is 8.42 Å². The van der Waals surface area contributed by atoms with E-state index in [2.05, 4.69) is 0 Å². The zero-order valence-electron chi connectivity index (χ0n) is 19.0. The first-order chi connectivity index (χ1) is 16.8. The van der Waals surface area contributed by atoms with Crippen LogP contribution in [0.1, 0.15) is 28.8 Å². The quantitative estimate of drug-likeness (QED) is 0.166. The van der Waals surface area contributed by atoms with Crippen LogP contribution in [0.5, 0.6) is 5.75 Å². The van der Waals surface area contributed by atoms with Gasteiger partial charge in [0.2, 0.25) is 0 Å². The number of thiophene rings is 1. The molecule has 2 aromatic carbocycles. The first-order valence-corrected chi connectivity index (χ1v) is 15.0. The van der Waals surface area contributed by atoms with Gasteiger partial charge in [-0.3, -0.25) is 9.36 Å². The topological polar surface area (TPSA) is 78.3 Å². The van der Waals surface area contributed by atoms with Crippen LogP contribution in [-0.4, -0.2) is 29.5 Å². The molecule has 0 fully saturated rings. The molecule has 0 saturated carbocycles. The predicted molar refractivity (Wildman–Crippen MR) is 143 cm³/mol. The van der Waals surface area contributed by atoms with Gasteiger partial charge in [0.25, 0.3) is 5.56 Å². The summed E-state index contributed by atoms with van der Waals surface area (Å²) in [5, 5.41) is 1.69. The lowest BCUT2D eigenvalue weighted by atomic mass is 9.97. The third-order valence-corrected chi connectivity index (χ3v) is 9.65. The van der Waals surface area contributed by atoms with Crippen molar-refractivity contribution in [3.8, 4) is 11.4 Å². The summed E-state index contributed by atoms with van der Waals surface area (Å²) in [5.41, 5.74) is 2.38. The highest BCUT2D eigenvalue weighted by molar-refractivity contribution is 8.00. The van der Waals surface area contributed by atoms with Crippen molar-refractivity contribution in [2.75, 3.05) is 11.5 Å². The molecule has 1 aliphatic carbocycles. The number of rotatable bonds is 7. The number of aromatic nitrogens is 2. The number of hydrogen-bond donors (Lipinski definition) is 0. The van der Waals surface area contributed by atoms with E-state index in [-0.39, 0.29) is 22.8 Å². The van der Waals surface area contributed by atoms with E-state index in [4.69, 9.17) is 20.8 Å². The van der Waals surface area contributed by atoms with Crippen LogP contribution < -0.4 is 9.74 Å². The van der Waals surface area contributed by atoms with Gasteiger partial charge in [-0.05, 0) is 74.1 Å². The maximum atomic E-state index is 13.7. The first-order valence-electron chi connectivity index (χ1n) is 11.3. The number of nitrogens with zero attached hydrogens (tertiary/aromatic N) is 2. The number of para-hydroxylation sites is 1. The van der Waals surface area contributed by atoms with Gasteiger partial charge in [-0.25, -0.2) is 4.98 Å². The Morgan fingerprint density at radius 1 is 1.14 bits per heavy atom. The lowest BCUT2D eigenvalue weighted by molar-refractivity contribution is 0.486. The van der Waals surface area contributed by atoms with Gasteiger partial charge < -0.3 is 4.18 Å². The lowest BCUT2D eigenvalue weighted by Gasteiger charge is -2.14. The van der Waals surface area contributed by atoms with E-state index in [1.807, 2.05) is 30.3 Å².